The van der Waals surface area contributed by atoms with Crippen LogP contribution in [0.3, 0.4) is 0 Å². The average Bonchev–Trinajstić information content (AvgIpc) is 3.04. The molecule has 0 radical (unpaired) electrons. The van der Waals surface area contributed by atoms with Gasteiger partial charge in [-0.2, -0.15) is 0 Å². The summed E-state index contributed by atoms with van der Waals surface area (Å²) < 4.78 is 0. The molecular weight excluding hydrogens is 228 g/mol. The standard InChI is InChI=1S/C14H22N2O2/c17-14(18)11-7-10-1-2-13(11)16(10)12-4-6-15-5-3-9(12)8-15/h9-13H,1-8H2,(H,17,18). The van der Waals surface area contributed by atoms with Crippen LogP contribution < -0.4 is 0 Å². The van der Waals surface area contributed by atoms with Gasteiger partial charge in [-0.15, -0.1) is 0 Å². The lowest BCUT2D eigenvalue weighted by Gasteiger charge is -2.39. The van der Waals surface area contributed by atoms with Crippen LogP contribution in [0.25, 0.3) is 0 Å². The van der Waals surface area contributed by atoms with Crippen molar-refractivity contribution in [2.75, 3.05) is 19.6 Å². The quantitative estimate of drug-likeness (QED) is 0.794. The molecule has 0 spiro atoms. The minimum Gasteiger partial charge on any atom is -0.481 e. The summed E-state index contributed by atoms with van der Waals surface area (Å²) in [5, 5.41) is 9.35. The van der Waals surface area contributed by atoms with E-state index in [1.54, 1.807) is 0 Å². The van der Waals surface area contributed by atoms with Crippen LogP contribution in [0.4, 0.5) is 0 Å². The summed E-state index contributed by atoms with van der Waals surface area (Å²) in [6.07, 6.45) is 5.87. The third-order valence-electron chi connectivity index (χ3n) is 5.88. The number of carboxylic acid groups (broad SMARTS) is 1. The fourth-order valence-electron chi connectivity index (χ4n) is 5.14. The van der Waals surface area contributed by atoms with Gasteiger partial charge in [0.1, 0.15) is 0 Å². The van der Waals surface area contributed by atoms with Gasteiger partial charge < -0.3 is 10.0 Å². The van der Waals surface area contributed by atoms with Crippen LogP contribution in [0.15, 0.2) is 0 Å². The molecule has 4 rings (SSSR count). The highest BCUT2D eigenvalue weighted by Crippen LogP contribution is 2.46. The summed E-state index contributed by atoms with van der Waals surface area (Å²) >= 11 is 0. The minimum absolute atomic E-state index is 0.0804. The highest BCUT2D eigenvalue weighted by Gasteiger charge is 2.53. The molecule has 4 aliphatic heterocycles. The van der Waals surface area contributed by atoms with E-state index in [1.807, 2.05) is 0 Å². The molecule has 0 aromatic carbocycles. The van der Waals surface area contributed by atoms with Crippen molar-refractivity contribution in [1.29, 1.82) is 0 Å². The number of carboxylic acids is 1. The van der Waals surface area contributed by atoms with Crippen LogP contribution in [0.2, 0.25) is 0 Å². The lowest BCUT2D eigenvalue weighted by molar-refractivity contribution is -0.142. The molecule has 0 aromatic heterocycles. The molecule has 4 aliphatic rings. The fraction of sp³-hybridized carbons (Fsp3) is 0.929. The Labute approximate surface area is 108 Å². The summed E-state index contributed by atoms with van der Waals surface area (Å²) in [6, 6.07) is 1.61. The second kappa shape index (κ2) is 3.94. The van der Waals surface area contributed by atoms with Crippen molar-refractivity contribution in [2.24, 2.45) is 11.8 Å². The first-order valence-electron chi connectivity index (χ1n) is 7.46. The smallest absolute Gasteiger partial charge is 0.308 e. The van der Waals surface area contributed by atoms with Gasteiger partial charge in [-0.05, 0) is 51.1 Å². The summed E-state index contributed by atoms with van der Waals surface area (Å²) in [5.74, 6) is 0.175. The zero-order valence-electron chi connectivity index (χ0n) is 10.8. The van der Waals surface area contributed by atoms with E-state index < -0.39 is 5.97 Å². The largest absolute Gasteiger partial charge is 0.481 e. The van der Waals surface area contributed by atoms with Crippen molar-refractivity contribution in [1.82, 2.24) is 9.80 Å². The number of hydrogen-bond acceptors (Lipinski definition) is 3. The molecule has 4 nitrogen and oxygen atoms in total. The van der Waals surface area contributed by atoms with E-state index in [0.717, 1.165) is 18.8 Å². The van der Waals surface area contributed by atoms with Gasteiger partial charge in [0.2, 0.25) is 0 Å². The molecule has 0 saturated carbocycles. The maximum atomic E-state index is 11.3. The van der Waals surface area contributed by atoms with Crippen LogP contribution >= 0.6 is 0 Å². The molecule has 0 aromatic rings. The molecule has 1 N–H and O–H groups in total. The van der Waals surface area contributed by atoms with Gasteiger partial charge in [0.15, 0.2) is 0 Å². The van der Waals surface area contributed by atoms with Gasteiger partial charge in [-0.25, -0.2) is 0 Å². The number of rotatable bonds is 2. The van der Waals surface area contributed by atoms with Crippen molar-refractivity contribution in [2.45, 2.75) is 50.2 Å². The summed E-state index contributed by atoms with van der Waals surface area (Å²) in [6.45, 7) is 3.76. The molecule has 6 unspecified atom stereocenters. The van der Waals surface area contributed by atoms with E-state index >= 15 is 0 Å². The van der Waals surface area contributed by atoms with Gasteiger partial charge in [-0.1, -0.05) is 0 Å². The number of hydrogen-bond donors (Lipinski definition) is 1. The Balaban J connectivity index is 1.56. The van der Waals surface area contributed by atoms with E-state index in [0.29, 0.717) is 18.1 Å². The second-order valence-electron chi connectivity index (χ2n) is 6.63. The van der Waals surface area contributed by atoms with Crippen LogP contribution in [0.1, 0.15) is 32.1 Å². The summed E-state index contributed by atoms with van der Waals surface area (Å²) in [7, 11) is 0. The number of nitrogens with zero attached hydrogens (tertiary/aromatic N) is 2. The highest BCUT2D eigenvalue weighted by atomic mass is 16.4. The SMILES string of the molecule is O=C(O)C1CC2CCC1N2C1CCN2CCC1C2. The van der Waals surface area contributed by atoms with Gasteiger partial charge in [0.05, 0.1) is 5.92 Å². The molecule has 4 heterocycles. The molecule has 18 heavy (non-hydrogen) atoms. The maximum Gasteiger partial charge on any atom is 0.308 e. The fourth-order valence-corrected chi connectivity index (χ4v) is 5.14. The monoisotopic (exact) mass is 250 g/mol. The van der Waals surface area contributed by atoms with Crippen molar-refractivity contribution >= 4 is 5.97 Å². The first-order valence-corrected chi connectivity index (χ1v) is 7.46. The van der Waals surface area contributed by atoms with E-state index in [9.17, 15) is 9.90 Å². The van der Waals surface area contributed by atoms with Crippen LogP contribution in [-0.2, 0) is 4.79 Å². The lowest BCUT2D eigenvalue weighted by atomic mass is 9.89. The molecule has 0 aliphatic carbocycles. The first kappa shape index (κ1) is 11.2. The zero-order valence-corrected chi connectivity index (χ0v) is 10.8. The van der Waals surface area contributed by atoms with Crippen LogP contribution in [0, 0.1) is 11.8 Å². The third-order valence-corrected chi connectivity index (χ3v) is 5.88. The number of aliphatic carboxylic acids is 1. The number of fused-ring (bicyclic) bond motifs is 4. The van der Waals surface area contributed by atoms with Gasteiger partial charge in [0.25, 0.3) is 0 Å². The van der Waals surface area contributed by atoms with Crippen molar-refractivity contribution in [3.05, 3.63) is 0 Å². The van der Waals surface area contributed by atoms with E-state index in [-0.39, 0.29) is 5.92 Å². The van der Waals surface area contributed by atoms with Crippen molar-refractivity contribution in [3.63, 3.8) is 0 Å². The zero-order chi connectivity index (χ0) is 12.3. The number of piperidine rings is 1. The Morgan fingerprint density at radius 2 is 1.89 bits per heavy atom. The normalized spacial score (nSPS) is 50.9. The van der Waals surface area contributed by atoms with Crippen LogP contribution in [-0.4, -0.2) is 58.6 Å². The third kappa shape index (κ3) is 1.48. The Kier molecular flexibility index (Phi) is 2.46. The Hall–Kier alpha value is -0.610. The lowest BCUT2D eigenvalue weighted by Crippen LogP contribution is -2.49. The predicted molar refractivity (Wildman–Crippen MR) is 67.3 cm³/mol. The average molecular weight is 250 g/mol. The molecule has 0 amide bonds. The van der Waals surface area contributed by atoms with Crippen LogP contribution in [0.5, 0.6) is 0 Å². The Bertz CT molecular complexity index is 373. The van der Waals surface area contributed by atoms with Gasteiger partial charge in [-0.3, -0.25) is 9.69 Å². The number of carbonyl (C=O) groups is 1. The Morgan fingerprint density at radius 1 is 1.06 bits per heavy atom. The van der Waals surface area contributed by atoms with Crippen molar-refractivity contribution < 1.29 is 9.90 Å². The molecule has 6 atom stereocenters. The molecule has 4 bridgehead atoms. The van der Waals surface area contributed by atoms with E-state index in [1.165, 1.54) is 38.9 Å². The van der Waals surface area contributed by atoms with Gasteiger partial charge in [0, 0.05) is 24.7 Å². The predicted octanol–water partition coefficient (Wildman–Crippen LogP) is 1.02. The summed E-state index contributed by atoms with van der Waals surface area (Å²) in [5.41, 5.74) is 0. The molecule has 4 fully saturated rings. The first-order chi connectivity index (χ1) is 8.74. The van der Waals surface area contributed by atoms with E-state index in [4.69, 9.17) is 0 Å². The molecule has 4 heteroatoms. The second-order valence-corrected chi connectivity index (χ2v) is 6.63. The van der Waals surface area contributed by atoms with Gasteiger partial charge >= 0.3 is 5.97 Å². The Morgan fingerprint density at radius 3 is 2.67 bits per heavy atom. The topological polar surface area (TPSA) is 43.8 Å². The maximum absolute atomic E-state index is 11.3. The van der Waals surface area contributed by atoms with Crippen molar-refractivity contribution in [3.8, 4) is 0 Å². The summed E-state index contributed by atoms with van der Waals surface area (Å²) in [4.78, 5) is 16.6. The highest BCUT2D eigenvalue weighted by molar-refractivity contribution is 5.71. The minimum atomic E-state index is -0.559. The van der Waals surface area contributed by atoms with E-state index in [2.05, 4.69) is 9.80 Å². The molecular formula is C14H22N2O2. The molecule has 4 saturated heterocycles. The molecule has 100 valence electrons.